The van der Waals surface area contributed by atoms with E-state index in [0.29, 0.717) is 16.0 Å². The van der Waals surface area contributed by atoms with Gasteiger partial charge in [-0.15, -0.1) is 5.10 Å². The molecule has 0 saturated carbocycles. The van der Waals surface area contributed by atoms with Crippen LogP contribution in [-0.4, -0.2) is 31.3 Å². The number of aromatic amines is 1. The molecule has 0 aliphatic rings. The third-order valence-corrected chi connectivity index (χ3v) is 3.28. The molecule has 102 valence electrons. The average molecular weight is 281 g/mol. The summed E-state index contributed by atoms with van der Waals surface area (Å²) >= 11 is 1.25. The Morgan fingerprint density at radius 3 is 2.95 bits per heavy atom. The summed E-state index contributed by atoms with van der Waals surface area (Å²) in [6.45, 7) is 2.87. The van der Waals surface area contributed by atoms with Crippen molar-refractivity contribution >= 4 is 23.5 Å². The van der Waals surface area contributed by atoms with Gasteiger partial charge in [0, 0.05) is 19.7 Å². The Morgan fingerprint density at radius 1 is 1.53 bits per heavy atom. The third kappa shape index (κ3) is 3.25. The zero-order chi connectivity index (χ0) is 13.8. The van der Waals surface area contributed by atoms with E-state index in [0.717, 1.165) is 13.0 Å². The molecule has 19 heavy (non-hydrogen) atoms. The zero-order valence-corrected chi connectivity index (χ0v) is 11.5. The predicted molar refractivity (Wildman–Crippen MR) is 73.2 cm³/mol. The van der Waals surface area contributed by atoms with Crippen LogP contribution in [-0.2, 0) is 7.05 Å². The van der Waals surface area contributed by atoms with Crippen molar-refractivity contribution in [1.82, 2.24) is 24.7 Å². The van der Waals surface area contributed by atoms with Crippen LogP contribution in [0.15, 0.2) is 21.0 Å². The summed E-state index contributed by atoms with van der Waals surface area (Å²) < 4.78 is 1.40. The van der Waals surface area contributed by atoms with E-state index < -0.39 is 0 Å². The molecule has 0 unspecified atom stereocenters. The van der Waals surface area contributed by atoms with Crippen molar-refractivity contribution < 1.29 is 0 Å². The summed E-state index contributed by atoms with van der Waals surface area (Å²) in [5, 5.41) is 10.6. The molecule has 0 aliphatic carbocycles. The molecule has 0 atom stereocenters. The highest BCUT2D eigenvalue weighted by Gasteiger charge is 2.09. The van der Waals surface area contributed by atoms with Crippen molar-refractivity contribution in [3.8, 4) is 0 Å². The second-order valence-electron chi connectivity index (χ2n) is 3.85. The van der Waals surface area contributed by atoms with E-state index in [1.807, 2.05) is 0 Å². The minimum atomic E-state index is -0.270. The number of rotatable bonds is 5. The third-order valence-electron chi connectivity index (χ3n) is 2.31. The van der Waals surface area contributed by atoms with Crippen LogP contribution in [0.1, 0.15) is 13.3 Å². The minimum absolute atomic E-state index is 0.184. The van der Waals surface area contributed by atoms with Gasteiger partial charge in [0.05, 0.1) is 0 Å². The van der Waals surface area contributed by atoms with E-state index in [1.165, 1.54) is 16.3 Å². The van der Waals surface area contributed by atoms with Gasteiger partial charge in [0.15, 0.2) is 5.16 Å². The maximum absolute atomic E-state index is 11.3. The Morgan fingerprint density at radius 2 is 2.32 bits per heavy atom. The zero-order valence-electron chi connectivity index (χ0n) is 10.7. The van der Waals surface area contributed by atoms with Crippen LogP contribution in [0.5, 0.6) is 0 Å². The van der Waals surface area contributed by atoms with Crippen LogP contribution < -0.4 is 16.7 Å². The van der Waals surface area contributed by atoms with Gasteiger partial charge in [-0.2, -0.15) is 4.98 Å². The maximum atomic E-state index is 11.3. The van der Waals surface area contributed by atoms with E-state index in [4.69, 9.17) is 5.73 Å². The fourth-order valence-electron chi connectivity index (χ4n) is 1.36. The summed E-state index contributed by atoms with van der Waals surface area (Å²) in [4.78, 5) is 19.5. The van der Waals surface area contributed by atoms with Gasteiger partial charge in [-0.05, 0) is 18.2 Å². The van der Waals surface area contributed by atoms with Crippen LogP contribution in [0.2, 0.25) is 0 Å². The molecule has 2 aromatic heterocycles. The van der Waals surface area contributed by atoms with Gasteiger partial charge in [0.1, 0.15) is 10.8 Å². The van der Waals surface area contributed by atoms with Gasteiger partial charge in [-0.25, -0.2) is 14.9 Å². The first-order chi connectivity index (χ1) is 9.10. The molecule has 0 amide bonds. The quantitative estimate of drug-likeness (QED) is 0.682. The number of nitrogens with two attached hydrogens (primary N) is 1. The number of aromatic nitrogens is 5. The lowest BCUT2D eigenvalue weighted by molar-refractivity contribution is 0.764. The smallest absolute Gasteiger partial charge is 0.343 e. The SMILES string of the molecule is CCCNc1cc(Sc2n[nH]c(=O)n2C)nc(N)n1. The van der Waals surface area contributed by atoms with E-state index in [2.05, 4.69) is 32.4 Å². The highest BCUT2D eigenvalue weighted by molar-refractivity contribution is 7.99. The van der Waals surface area contributed by atoms with Crippen molar-refractivity contribution in [3.05, 3.63) is 16.6 Å². The van der Waals surface area contributed by atoms with E-state index in [9.17, 15) is 4.79 Å². The van der Waals surface area contributed by atoms with Gasteiger partial charge in [-0.1, -0.05) is 6.92 Å². The first kappa shape index (κ1) is 13.4. The number of hydrogen-bond donors (Lipinski definition) is 3. The average Bonchev–Trinajstić information content (AvgIpc) is 2.68. The van der Waals surface area contributed by atoms with Crippen molar-refractivity contribution in [2.75, 3.05) is 17.6 Å². The Hall–Kier alpha value is -2.03. The van der Waals surface area contributed by atoms with E-state index >= 15 is 0 Å². The molecule has 0 bridgehead atoms. The molecule has 9 heteroatoms. The molecule has 0 spiro atoms. The van der Waals surface area contributed by atoms with Crippen molar-refractivity contribution in [2.45, 2.75) is 23.5 Å². The molecular weight excluding hydrogens is 266 g/mol. The Labute approximate surface area is 113 Å². The van der Waals surface area contributed by atoms with Gasteiger partial charge in [0.2, 0.25) is 5.95 Å². The summed E-state index contributed by atoms with van der Waals surface area (Å²) in [6, 6.07) is 1.77. The van der Waals surface area contributed by atoms with Crippen LogP contribution in [0.3, 0.4) is 0 Å². The topological polar surface area (TPSA) is 115 Å². The standard InChI is InChI=1S/C10H15N7OS/c1-3-4-12-6-5-7(14-8(11)13-6)19-10-16-15-9(18)17(10)2/h5H,3-4H2,1-2H3,(H,15,18)(H3,11,12,13,14). The maximum Gasteiger partial charge on any atom is 0.343 e. The molecule has 2 rings (SSSR count). The fraction of sp³-hybridized carbons (Fsp3) is 0.400. The van der Waals surface area contributed by atoms with Crippen molar-refractivity contribution in [1.29, 1.82) is 0 Å². The minimum Gasteiger partial charge on any atom is -0.370 e. The first-order valence-corrected chi connectivity index (χ1v) is 6.59. The number of nitrogen functional groups attached to an aromatic ring is 1. The summed E-state index contributed by atoms with van der Waals surface area (Å²) in [5.41, 5.74) is 5.39. The molecule has 8 nitrogen and oxygen atoms in total. The summed E-state index contributed by atoms with van der Waals surface area (Å²) in [7, 11) is 1.63. The lowest BCUT2D eigenvalue weighted by atomic mass is 10.4. The van der Waals surface area contributed by atoms with Gasteiger partial charge in [0.25, 0.3) is 0 Å². The molecule has 0 fully saturated rings. The fourth-order valence-corrected chi connectivity index (χ4v) is 2.16. The lowest BCUT2D eigenvalue weighted by Crippen LogP contribution is -2.13. The number of hydrogen-bond acceptors (Lipinski definition) is 7. The molecule has 0 aliphatic heterocycles. The molecule has 2 heterocycles. The van der Waals surface area contributed by atoms with Crippen LogP contribution in [0.25, 0.3) is 0 Å². The van der Waals surface area contributed by atoms with Crippen LogP contribution in [0, 0.1) is 0 Å². The Balaban J connectivity index is 2.22. The monoisotopic (exact) mass is 281 g/mol. The number of nitrogens with one attached hydrogen (secondary N) is 2. The molecule has 4 N–H and O–H groups in total. The second kappa shape index (κ2) is 5.74. The highest BCUT2D eigenvalue weighted by Crippen LogP contribution is 2.24. The van der Waals surface area contributed by atoms with Crippen LogP contribution >= 0.6 is 11.8 Å². The van der Waals surface area contributed by atoms with E-state index in [1.54, 1.807) is 13.1 Å². The molecule has 0 aromatic carbocycles. The van der Waals surface area contributed by atoms with Crippen LogP contribution in [0.4, 0.5) is 11.8 Å². The van der Waals surface area contributed by atoms with Gasteiger partial charge >= 0.3 is 5.69 Å². The predicted octanol–water partition coefficient (Wildman–Crippen LogP) is 0.454. The molecular formula is C10H15N7OS. The second-order valence-corrected chi connectivity index (χ2v) is 4.84. The molecule has 0 saturated heterocycles. The molecule has 2 aromatic rings. The van der Waals surface area contributed by atoms with E-state index in [-0.39, 0.29) is 11.6 Å². The first-order valence-electron chi connectivity index (χ1n) is 5.78. The Bertz CT molecular complexity index is 621. The largest absolute Gasteiger partial charge is 0.370 e. The number of nitrogens with zero attached hydrogens (tertiary/aromatic N) is 4. The van der Waals surface area contributed by atoms with Gasteiger partial charge in [-0.3, -0.25) is 4.57 Å². The lowest BCUT2D eigenvalue weighted by Gasteiger charge is -2.06. The normalized spacial score (nSPS) is 10.6. The Kier molecular flexibility index (Phi) is 4.05. The summed E-state index contributed by atoms with van der Waals surface area (Å²) in [5.74, 6) is 0.849. The number of anilines is 2. The molecule has 0 radical (unpaired) electrons. The highest BCUT2D eigenvalue weighted by atomic mass is 32.2. The van der Waals surface area contributed by atoms with Crippen molar-refractivity contribution in [2.24, 2.45) is 7.05 Å². The number of H-pyrrole nitrogens is 1. The van der Waals surface area contributed by atoms with Crippen molar-refractivity contribution in [3.63, 3.8) is 0 Å². The van der Waals surface area contributed by atoms with Gasteiger partial charge < -0.3 is 11.1 Å². The summed E-state index contributed by atoms with van der Waals surface area (Å²) in [6.07, 6.45) is 0.986.